The van der Waals surface area contributed by atoms with Gasteiger partial charge in [-0.1, -0.05) is 0 Å². The molecule has 7 nitrogen and oxygen atoms in total. The Morgan fingerprint density at radius 3 is 2.83 bits per heavy atom. The summed E-state index contributed by atoms with van der Waals surface area (Å²) in [6, 6.07) is 3.19. The van der Waals surface area contributed by atoms with Gasteiger partial charge in [-0.05, 0) is 18.2 Å². The normalized spacial score (nSPS) is 11.6. The molecule has 9 heteroatoms. The second-order valence-electron chi connectivity index (χ2n) is 3.44. The highest BCUT2D eigenvalue weighted by Crippen LogP contribution is 2.16. The van der Waals surface area contributed by atoms with Crippen molar-refractivity contribution in [3.63, 3.8) is 0 Å². The second-order valence-corrected chi connectivity index (χ2v) is 5.21. The molecule has 1 heterocycles. The molecule has 4 N–H and O–H groups in total. The predicted molar refractivity (Wildman–Crippen MR) is 61.2 cm³/mol. The van der Waals surface area contributed by atoms with Gasteiger partial charge in [0, 0.05) is 0 Å². The first-order valence-electron chi connectivity index (χ1n) is 4.88. The summed E-state index contributed by atoms with van der Waals surface area (Å²) in [5.74, 6) is -0.294. The molecular weight excluding hydrogens is 261 g/mol. The summed E-state index contributed by atoms with van der Waals surface area (Å²) in [5, 5.41) is 6.09. The zero-order chi connectivity index (χ0) is 13.2. The summed E-state index contributed by atoms with van der Waals surface area (Å²) in [5.41, 5.74) is 5.09. The largest absolute Gasteiger partial charge is 0.396 e. The summed E-state index contributed by atoms with van der Waals surface area (Å²) in [6.07, 6.45) is 1.26. The van der Waals surface area contributed by atoms with E-state index in [4.69, 9.17) is 5.73 Å². The molecule has 96 valence electrons. The molecule has 2 rings (SSSR count). The van der Waals surface area contributed by atoms with Crippen LogP contribution in [0.25, 0.3) is 0 Å². The third-order valence-corrected chi connectivity index (χ3v) is 3.57. The maximum atomic E-state index is 12.9. The SMILES string of the molecule is Nc1cc(S(=O)(=O)NCc2ncn[nH]2)ccc1F. The Labute approximate surface area is 102 Å². The minimum Gasteiger partial charge on any atom is -0.396 e. The molecule has 2 aromatic rings. The molecule has 0 amide bonds. The van der Waals surface area contributed by atoms with Gasteiger partial charge in [-0.3, -0.25) is 5.10 Å². The Bertz CT molecular complexity index is 641. The number of aromatic amines is 1. The van der Waals surface area contributed by atoms with Gasteiger partial charge in [-0.2, -0.15) is 5.10 Å². The van der Waals surface area contributed by atoms with E-state index in [0.717, 1.165) is 18.2 Å². The lowest BCUT2D eigenvalue weighted by molar-refractivity contribution is 0.578. The molecule has 0 unspecified atom stereocenters. The van der Waals surface area contributed by atoms with Crippen LogP contribution in [0.15, 0.2) is 29.4 Å². The third kappa shape index (κ3) is 2.63. The van der Waals surface area contributed by atoms with Crippen LogP contribution in [0.5, 0.6) is 0 Å². The summed E-state index contributed by atoms with van der Waals surface area (Å²) >= 11 is 0. The number of hydrogen-bond acceptors (Lipinski definition) is 5. The number of benzene rings is 1. The summed E-state index contributed by atoms with van der Waals surface area (Å²) in [4.78, 5) is 3.66. The van der Waals surface area contributed by atoms with Crippen molar-refractivity contribution in [3.05, 3.63) is 36.2 Å². The monoisotopic (exact) mass is 271 g/mol. The van der Waals surface area contributed by atoms with E-state index < -0.39 is 15.8 Å². The first kappa shape index (κ1) is 12.5. The van der Waals surface area contributed by atoms with E-state index in [1.807, 2.05) is 0 Å². The van der Waals surface area contributed by atoms with Crippen LogP contribution in [0.1, 0.15) is 5.82 Å². The second kappa shape index (κ2) is 4.70. The van der Waals surface area contributed by atoms with Gasteiger partial charge in [0.1, 0.15) is 18.0 Å². The fourth-order valence-corrected chi connectivity index (χ4v) is 2.27. The van der Waals surface area contributed by atoms with Crippen molar-refractivity contribution in [1.82, 2.24) is 19.9 Å². The number of nitrogens with two attached hydrogens (primary N) is 1. The predicted octanol–water partition coefficient (Wildman–Crippen LogP) is 0.00450. The number of rotatable bonds is 4. The third-order valence-electron chi connectivity index (χ3n) is 2.17. The van der Waals surface area contributed by atoms with Gasteiger partial charge in [0.15, 0.2) is 0 Å². The Morgan fingerprint density at radius 2 is 2.22 bits per heavy atom. The smallest absolute Gasteiger partial charge is 0.241 e. The zero-order valence-electron chi connectivity index (χ0n) is 9.09. The molecule has 0 aliphatic carbocycles. The van der Waals surface area contributed by atoms with Crippen molar-refractivity contribution in [3.8, 4) is 0 Å². The van der Waals surface area contributed by atoms with Gasteiger partial charge >= 0.3 is 0 Å². The maximum absolute atomic E-state index is 12.9. The molecule has 0 bridgehead atoms. The number of hydrogen-bond donors (Lipinski definition) is 3. The lowest BCUT2D eigenvalue weighted by Gasteiger charge is -2.06. The first-order valence-corrected chi connectivity index (χ1v) is 6.36. The van der Waals surface area contributed by atoms with Crippen LogP contribution in [-0.2, 0) is 16.6 Å². The van der Waals surface area contributed by atoms with Crippen LogP contribution < -0.4 is 10.5 Å². The van der Waals surface area contributed by atoms with Gasteiger partial charge < -0.3 is 5.73 Å². The van der Waals surface area contributed by atoms with E-state index in [9.17, 15) is 12.8 Å². The molecule has 0 spiro atoms. The van der Waals surface area contributed by atoms with Crippen LogP contribution >= 0.6 is 0 Å². The van der Waals surface area contributed by atoms with Gasteiger partial charge in [0.25, 0.3) is 0 Å². The molecule has 0 radical (unpaired) electrons. The van der Waals surface area contributed by atoms with E-state index >= 15 is 0 Å². The molecular formula is C9H10FN5O2S. The van der Waals surface area contributed by atoms with Crippen molar-refractivity contribution in [2.45, 2.75) is 11.4 Å². The lowest BCUT2D eigenvalue weighted by Crippen LogP contribution is -2.24. The van der Waals surface area contributed by atoms with Crippen LogP contribution in [0.3, 0.4) is 0 Å². The minimum absolute atomic E-state index is 0.0420. The lowest BCUT2D eigenvalue weighted by atomic mass is 10.3. The molecule has 1 aromatic heterocycles. The Morgan fingerprint density at radius 1 is 1.44 bits per heavy atom. The van der Waals surface area contributed by atoms with E-state index in [-0.39, 0.29) is 17.1 Å². The van der Waals surface area contributed by atoms with Gasteiger partial charge in [0.05, 0.1) is 17.1 Å². The molecule has 0 saturated heterocycles. The fourth-order valence-electron chi connectivity index (χ4n) is 1.25. The van der Waals surface area contributed by atoms with Crippen molar-refractivity contribution in [2.24, 2.45) is 0 Å². The molecule has 1 aromatic carbocycles. The summed E-state index contributed by atoms with van der Waals surface area (Å²) < 4.78 is 38.9. The van der Waals surface area contributed by atoms with E-state index in [2.05, 4.69) is 19.9 Å². The standard InChI is InChI=1S/C9H10FN5O2S/c10-7-2-1-6(3-8(7)11)18(16,17)14-4-9-12-5-13-15-9/h1-3,5,14H,4,11H2,(H,12,13,15). The number of nitrogen functional groups attached to an aromatic ring is 1. The molecule has 0 saturated carbocycles. The quantitative estimate of drug-likeness (QED) is 0.677. The summed E-state index contributed by atoms with van der Waals surface area (Å²) in [7, 11) is -3.76. The number of halogens is 1. The van der Waals surface area contributed by atoms with Crippen molar-refractivity contribution in [2.75, 3.05) is 5.73 Å². The van der Waals surface area contributed by atoms with Crippen LogP contribution in [-0.4, -0.2) is 23.6 Å². The molecule has 0 fully saturated rings. The average Bonchev–Trinajstić information content (AvgIpc) is 2.83. The van der Waals surface area contributed by atoms with Gasteiger partial charge in [-0.25, -0.2) is 22.5 Å². The van der Waals surface area contributed by atoms with Crippen molar-refractivity contribution < 1.29 is 12.8 Å². The highest BCUT2D eigenvalue weighted by atomic mass is 32.2. The van der Waals surface area contributed by atoms with E-state index in [0.29, 0.717) is 5.82 Å². The van der Waals surface area contributed by atoms with Crippen molar-refractivity contribution >= 4 is 15.7 Å². The Kier molecular flexibility index (Phi) is 3.26. The topological polar surface area (TPSA) is 114 Å². The number of nitrogens with zero attached hydrogens (tertiary/aromatic N) is 2. The maximum Gasteiger partial charge on any atom is 0.241 e. The van der Waals surface area contributed by atoms with Crippen LogP contribution in [0, 0.1) is 5.82 Å². The van der Waals surface area contributed by atoms with Crippen LogP contribution in [0.2, 0.25) is 0 Å². The number of aromatic nitrogens is 3. The minimum atomic E-state index is -3.76. The highest BCUT2D eigenvalue weighted by molar-refractivity contribution is 7.89. The van der Waals surface area contributed by atoms with Gasteiger partial charge in [0.2, 0.25) is 10.0 Å². The van der Waals surface area contributed by atoms with Gasteiger partial charge in [-0.15, -0.1) is 0 Å². The Hall–Kier alpha value is -2.00. The highest BCUT2D eigenvalue weighted by Gasteiger charge is 2.15. The number of sulfonamides is 1. The summed E-state index contributed by atoms with van der Waals surface area (Å²) in [6.45, 7) is -0.0420. The number of nitrogens with one attached hydrogen (secondary N) is 2. The first-order chi connectivity index (χ1) is 8.49. The number of anilines is 1. The molecule has 0 aliphatic rings. The Balaban J connectivity index is 2.17. The molecule has 18 heavy (non-hydrogen) atoms. The zero-order valence-corrected chi connectivity index (χ0v) is 9.91. The van der Waals surface area contributed by atoms with E-state index in [1.165, 1.54) is 6.33 Å². The van der Waals surface area contributed by atoms with Crippen LogP contribution in [0.4, 0.5) is 10.1 Å². The number of H-pyrrole nitrogens is 1. The van der Waals surface area contributed by atoms with E-state index in [1.54, 1.807) is 0 Å². The molecule has 0 aliphatic heterocycles. The van der Waals surface area contributed by atoms with Crippen molar-refractivity contribution in [1.29, 1.82) is 0 Å². The average molecular weight is 271 g/mol. The molecule has 0 atom stereocenters. The fraction of sp³-hybridized carbons (Fsp3) is 0.111.